The third-order valence-electron chi connectivity index (χ3n) is 3.17. The molecular weight excluding hydrogens is 351 g/mol. The standard InChI is InChI=1S/C16H8Cl2N4O2/c17-11-6-9(7-12(18)15(11)23)20-14-13(8-19)21-22(16(14)24)10-4-2-1-3-5-10/h1-7,23H. The molecular formula is C16H8Cl2N4O2. The second-order valence-electron chi connectivity index (χ2n) is 4.73. The van der Waals surface area contributed by atoms with Gasteiger partial charge in [-0.3, -0.25) is 4.79 Å². The average molecular weight is 359 g/mol. The number of para-hydroxylation sites is 1. The summed E-state index contributed by atoms with van der Waals surface area (Å²) >= 11 is 11.7. The Labute approximate surface area is 146 Å². The second-order valence-corrected chi connectivity index (χ2v) is 5.55. The minimum absolute atomic E-state index is 0.0114. The van der Waals surface area contributed by atoms with Crippen molar-refractivity contribution >= 4 is 51.9 Å². The van der Waals surface area contributed by atoms with Crippen molar-refractivity contribution in [2.75, 3.05) is 5.01 Å². The lowest BCUT2D eigenvalue weighted by Gasteiger charge is -2.10. The summed E-state index contributed by atoms with van der Waals surface area (Å²) in [6.45, 7) is 0. The predicted molar refractivity (Wildman–Crippen MR) is 92.2 cm³/mol. The first-order valence-corrected chi connectivity index (χ1v) is 7.42. The highest BCUT2D eigenvalue weighted by Crippen LogP contribution is 2.36. The summed E-state index contributed by atoms with van der Waals surface area (Å²) in [5.74, 6) is -0.821. The fraction of sp³-hybridized carbons (Fsp3) is 0. The molecule has 3 rings (SSSR count). The van der Waals surface area contributed by atoms with Crippen LogP contribution in [-0.4, -0.2) is 22.4 Å². The first-order chi connectivity index (χ1) is 11.5. The maximum Gasteiger partial charge on any atom is 0.300 e. The number of hydrogen-bond donors (Lipinski definition) is 1. The van der Waals surface area contributed by atoms with Crippen molar-refractivity contribution in [2.24, 2.45) is 10.1 Å². The molecule has 2 aromatic carbocycles. The van der Waals surface area contributed by atoms with E-state index in [-0.39, 0.29) is 32.9 Å². The monoisotopic (exact) mass is 358 g/mol. The van der Waals surface area contributed by atoms with Gasteiger partial charge in [-0.25, -0.2) is 4.99 Å². The van der Waals surface area contributed by atoms with Crippen molar-refractivity contribution in [1.82, 2.24) is 0 Å². The molecule has 8 heteroatoms. The summed E-state index contributed by atoms with van der Waals surface area (Å²) in [5, 5.41) is 23.9. The van der Waals surface area contributed by atoms with E-state index in [9.17, 15) is 15.2 Å². The van der Waals surface area contributed by atoms with Gasteiger partial charge in [0.1, 0.15) is 6.07 Å². The molecule has 1 aliphatic heterocycles. The number of carbonyl (C=O) groups is 1. The number of phenolic OH excluding ortho intramolecular Hbond substituents is 1. The third-order valence-corrected chi connectivity index (χ3v) is 3.74. The van der Waals surface area contributed by atoms with E-state index in [1.165, 1.54) is 12.1 Å². The molecule has 118 valence electrons. The Kier molecular flexibility index (Phi) is 4.21. The van der Waals surface area contributed by atoms with Gasteiger partial charge in [0.05, 0.1) is 21.4 Å². The molecule has 0 aromatic heterocycles. The van der Waals surface area contributed by atoms with Crippen LogP contribution in [0.5, 0.6) is 5.75 Å². The van der Waals surface area contributed by atoms with Crippen molar-refractivity contribution in [3.63, 3.8) is 0 Å². The maximum absolute atomic E-state index is 12.5. The SMILES string of the molecule is N#CC1=NN(c2ccccc2)C(=O)C1=Nc1cc(Cl)c(O)c(Cl)c1. The first-order valence-electron chi connectivity index (χ1n) is 6.66. The maximum atomic E-state index is 12.5. The number of aromatic hydroxyl groups is 1. The molecule has 0 saturated carbocycles. The predicted octanol–water partition coefficient (Wildman–Crippen LogP) is 3.70. The number of nitriles is 1. The Morgan fingerprint density at radius 1 is 1.17 bits per heavy atom. The van der Waals surface area contributed by atoms with Gasteiger partial charge < -0.3 is 5.11 Å². The van der Waals surface area contributed by atoms with Gasteiger partial charge in [0, 0.05) is 0 Å². The summed E-state index contributed by atoms with van der Waals surface area (Å²) in [5.41, 5.74) is 0.495. The first kappa shape index (κ1) is 16.0. The number of phenols is 1. The van der Waals surface area contributed by atoms with Crippen molar-refractivity contribution < 1.29 is 9.90 Å². The summed E-state index contributed by atoms with van der Waals surface area (Å²) in [7, 11) is 0. The number of amides is 1. The number of nitrogens with zero attached hydrogens (tertiary/aromatic N) is 4. The molecule has 0 spiro atoms. The van der Waals surface area contributed by atoms with Gasteiger partial charge in [0.15, 0.2) is 17.2 Å². The number of carbonyl (C=O) groups excluding carboxylic acids is 1. The Hall–Kier alpha value is -2.88. The topological polar surface area (TPSA) is 89.0 Å². The van der Waals surface area contributed by atoms with Crippen LogP contribution >= 0.6 is 23.2 Å². The largest absolute Gasteiger partial charge is 0.505 e. The molecule has 0 bridgehead atoms. The Balaban J connectivity index is 2.04. The van der Waals surface area contributed by atoms with E-state index in [2.05, 4.69) is 10.1 Å². The number of benzene rings is 2. The van der Waals surface area contributed by atoms with Crippen LogP contribution in [0.25, 0.3) is 0 Å². The molecule has 1 amide bonds. The van der Waals surface area contributed by atoms with Crippen LogP contribution in [0.4, 0.5) is 11.4 Å². The van der Waals surface area contributed by atoms with Crippen molar-refractivity contribution in [2.45, 2.75) is 0 Å². The number of halogens is 2. The number of aliphatic imine (C=N–C) groups is 1. The van der Waals surface area contributed by atoms with Gasteiger partial charge in [-0.2, -0.15) is 15.4 Å². The van der Waals surface area contributed by atoms with Crippen LogP contribution in [0.15, 0.2) is 52.6 Å². The van der Waals surface area contributed by atoms with Crippen molar-refractivity contribution in [3.05, 3.63) is 52.5 Å². The summed E-state index contributed by atoms with van der Waals surface area (Å²) in [4.78, 5) is 16.7. The molecule has 1 N–H and O–H groups in total. The number of anilines is 1. The van der Waals surface area contributed by atoms with Crippen molar-refractivity contribution in [1.29, 1.82) is 5.26 Å². The number of rotatable bonds is 2. The van der Waals surface area contributed by atoms with E-state index in [1.807, 2.05) is 6.07 Å². The average Bonchev–Trinajstić information content (AvgIpc) is 2.89. The highest BCUT2D eigenvalue weighted by atomic mass is 35.5. The van der Waals surface area contributed by atoms with E-state index in [0.29, 0.717) is 5.69 Å². The van der Waals surface area contributed by atoms with Gasteiger partial charge in [-0.1, -0.05) is 41.4 Å². The number of hydrogen-bond acceptors (Lipinski definition) is 5. The minimum atomic E-state index is -0.543. The van der Waals surface area contributed by atoms with E-state index in [1.54, 1.807) is 30.3 Å². The van der Waals surface area contributed by atoms with Gasteiger partial charge in [0.25, 0.3) is 5.91 Å². The molecule has 0 unspecified atom stereocenters. The Bertz CT molecular complexity index is 910. The quantitative estimate of drug-likeness (QED) is 0.887. The van der Waals surface area contributed by atoms with Crippen LogP contribution in [0.3, 0.4) is 0 Å². The highest BCUT2D eigenvalue weighted by Gasteiger charge is 2.33. The smallest absolute Gasteiger partial charge is 0.300 e. The van der Waals surface area contributed by atoms with E-state index >= 15 is 0 Å². The fourth-order valence-corrected chi connectivity index (χ4v) is 2.54. The zero-order chi connectivity index (χ0) is 17.3. The third kappa shape index (κ3) is 2.83. The lowest BCUT2D eigenvalue weighted by atomic mass is 10.2. The second kappa shape index (κ2) is 6.32. The van der Waals surface area contributed by atoms with Gasteiger partial charge >= 0.3 is 0 Å². The van der Waals surface area contributed by atoms with Crippen LogP contribution in [0, 0.1) is 11.3 Å². The van der Waals surface area contributed by atoms with Crippen LogP contribution in [-0.2, 0) is 4.79 Å². The molecule has 0 aliphatic carbocycles. The lowest BCUT2D eigenvalue weighted by Crippen LogP contribution is -2.27. The normalized spacial score (nSPS) is 15.5. The van der Waals surface area contributed by atoms with Gasteiger partial charge in [0.2, 0.25) is 0 Å². The van der Waals surface area contributed by atoms with Crippen LogP contribution in [0.1, 0.15) is 0 Å². The summed E-state index contributed by atoms with van der Waals surface area (Å²) in [6, 6.07) is 13.2. The van der Waals surface area contributed by atoms with Crippen molar-refractivity contribution in [3.8, 4) is 11.8 Å². The van der Waals surface area contributed by atoms with Gasteiger partial charge in [-0.15, -0.1) is 0 Å². The van der Waals surface area contributed by atoms with E-state index in [0.717, 1.165) is 5.01 Å². The van der Waals surface area contributed by atoms with Crippen LogP contribution < -0.4 is 5.01 Å². The van der Waals surface area contributed by atoms with E-state index in [4.69, 9.17) is 23.2 Å². The minimum Gasteiger partial charge on any atom is -0.505 e. The molecule has 1 aliphatic rings. The molecule has 0 atom stereocenters. The molecule has 2 aromatic rings. The molecule has 24 heavy (non-hydrogen) atoms. The Morgan fingerprint density at radius 3 is 2.38 bits per heavy atom. The molecule has 6 nitrogen and oxygen atoms in total. The highest BCUT2D eigenvalue weighted by molar-refractivity contribution is 6.74. The Morgan fingerprint density at radius 2 is 1.79 bits per heavy atom. The zero-order valence-electron chi connectivity index (χ0n) is 11.9. The fourth-order valence-electron chi connectivity index (χ4n) is 2.06. The van der Waals surface area contributed by atoms with E-state index < -0.39 is 5.91 Å². The van der Waals surface area contributed by atoms with Gasteiger partial charge in [-0.05, 0) is 24.3 Å². The molecule has 0 fully saturated rings. The lowest BCUT2D eigenvalue weighted by molar-refractivity contribution is -0.112. The summed E-state index contributed by atoms with van der Waals surface area (Å²) in [6.07, 6.45) is 0. The number of hydrazone groups is 1. The van der Waals surface area contributed by atoms with Crippen LogP contribution in [0.2, 0.25) is 10.0 Å². The molecule has 0 radical (unpaired) electrons. The zero-order valence-corrected chi connectivity index (χ0v) is 13.5. The summed E-state index contributed by atoms with van der Waals surface area (Å²) < 4.78 is 0. The molecule has 0 saturated heterocycles. The molecule has 1 heterocycles.